The van der Waals surface area contributed by atoms with Crippen molar-refractivity contribution in [2.45, 2.75) is 37.8 Å². The van der Waals surface area contributed by atoms with Crippen LogP contribution >= 0.6 is 0 Å². The summed E-state index contributed by atoms with van der Waals surface area (Å²) in [6, 6.07) is 4.53. The van der Waals surface area contributed by atoms with Crippen LogP contribution in [0, 0.1) is 0 Å². The molecule has 2 amide bonds. The zero-order chi connectivity index (χ0) is 19.6. The normalized spacial score (nSPS) is 23.1. The van der Waals surface area contributed by atoms with Gasteiger partial charge in [0.2, 0.25) is 11.8 Å². The first-order chi connectivity index (χ1) is 12.8. The second-order valence-corrected chi connectivity index (χ2v) is 6.75. The molecule has 2 aliphatic rings. The molecule has 0 N–H and O–H groups in total. The summed E-state index contributed by atoms with van der Waals surface area (Å²) in [5, 5.41) is 0. The Balaban J connectivity index is 1.68. The molecule has 8 heteroatoms. The van der Waals surface area contributed by atoms with Crippen LogP contribution in [0.25, 0.3) is 0 Å². The summed E-state index contributed by atoms with van der Waals surface area (Å²) in [6.45, 7) is 4.91. The molecule has 0 spiro atoms. The molecular weight excluding hydrogens is 361 g/mol. The van der Waals surface area contributed by atoms with Crippen molar-refractivity contribution in [1.29, 1.82) is 0 Å². The fraction of sp³-hybridized carbons (Fsp3) is 0.474. The average Bonchev–Trinajstić information content (AvgIpc) is 3.24. The van der Waals surface area contributed by atoms with Crippen LogP contribution in [0.3, 0.4) is 0 Å². The number of rotatable bonds is 5. The number of likely N-dealkylation sites (tertiary alicyclic amines) is 2. The van der Waals surface area contributed by atoms with Crippen molar-refractivity contribution in [2.75, 3.05) is 19.6 Å². The lowest BCUT2D eigenvalue weighted by molar-refractivity contribution is -0.137. The average molecular weight is 382 g/mol. The SMILES string of the molecule is C=CC(=O)N1C[C@@H](N2CCCC2=O)[C@H](OCc2ccc(C(F)(F)F)cc2)C1. The van der Waals surface area contributed by atoms with Gasteiger partial charge in [-0.3, -0.25) is 9.59 Å². The third-order valence-corrected chi connectivity index (χ3v) is 4.98. The Labute approximate surface area is 155 Å². The van der Waals surface area contributed by atoms with E-state index in [9.17, 15) is 22.8 Å². The standard InChI is InChI=1S/C19H21F3N2O3/c1-2-17(25)23-10-15(24-9-3-4-18(24)26)16(11-23)27-12-13-5-7-14(8-6-13)19(20,21)22/h2,5-8,15-16H,1,3-4,9-12H2/t15-,16-/m1/s1. The summed E-state index contributed by atoms with van der Waals surface area (Å²) in [5.41, 5.74) is -0.113. The number of halogens is 3. The molecule has 2 heterocycles. The van der Waals surface area contributed by atoms with Gasteiger partial charge >= 0.3 is 6.18 Å². The van der Waals surface area contributed by atoms with E-state index in [1.807, 2.05) is 0 Å². The van der Waals surface area contributed by atoms with Crippen LogP contribution < -0.4 is 0 Å². The van der Waals surface area contributed by atoms with Crippen molar-refractivity contribution < 1.29 is 27.5 Å². The van der Waals surface area contributed by atoms with E-state index < -0.39 is 17.8 Å². The van der Waals surface area contributed by atoms with Crippen LogP contribution in [0.15, 0.2) is 36.9 Å². The lowest BCUT2D eigenvalue weighted by Crippen LogP contribution is -2.45. The van der Waals surface area contributed by atoms with Crippen LogP contribution in [0.4, 0.5) is 13.2 Å². The molecule has 2 aliphatic heterocycles. The van der Waals surface area contributed by atoms with Gasteiger partial charge in [-0.2, -0.15) is 13.2 Å². The Kier molecular flexibility index (Phi) is 5.55. The molecule has 0 radical (unpaired) electrons. The molecule has 1 aromatic carbocycles. The molecule has 0 bridgehead atoms. The van der Waals surface area contributed by atoms with Crippen molar-refractivity contribution in [2.24, 2.45) is 0 Å². The van der Waals surface area contributed by atoms with E-state index in [1.165, 1.54) is 18.2 Å². The number of benzene rings is 1. The lowest BCUT2D eigenvalue weighted by atomic mass is 10.1. The first-order valence-electron chi connectivity index (χ1n) is 8.78. The van der Waals surface area contributed by atoms with Crippen LogP contribution in [-0.4, -0.2) is 53.4 Å². The molecule has 0 saturated carbocycles. The summed E-state index contributed by atoms with van der Waals surface area (Å²) >= 11 is 0. The van der Waals surface area contributed by atoms with Crippen LogP contribution in [0.2, 0.25) is 0 Å². The minimum Gasteiger partial charge on any atom is -0.369 e. The second kappa shape index (κ2) is 7.72. The number of carbonyl (C=O) groups excluding carboxylic acids is 2. The first kappa shape index (κ1) is 19.4. The smallest absolute Gasteiger partial charge is 0.369 e. The molecule has 0 aromatic heterocycles. The van der Waals surface area contributed by atoms with Crippen molar-refractivity contribution in [3.63, 3.8) is 0 Å². The highest BCUT2D eigenvalue weighted by atomic mass is 19.4. The molecule has 5 nitrogen and oxygen atoms in total. The van der Waals surface area contributed by atoms with Gasteiger partial charge in [-0.1, -0.05) is 18.7 Å². The monoisotopic (exact) mass is 382 g/mol. The minimum atomic E-state index is -4.38. The van der Waals surface area contributed by atoms with Gasteiger partial charge in [0.1, 0.15) is 0 Å². The number of amides is 2. The van der Waals surface area contributed by atoms with E-state index in [-0.39, 0.29) is 24.5 Å². The third-order valence-electron chi connectivity index (χ3n) is 4.98. The van der Waals surface area contributed by atoms with Crippen molar-refractivity contribution in [3.05, 3.63) is 48.0 Å². The zero-order valence-electron chi connectivity index (χ0n) is 14.7. The molecule has 2 saturated heterocycles. The van der Waals surface area contributed by atoms with Crippen LogP contribution in [0.5, 0.6) is 0 Å². The predicted molar refractivity (Wildman–Crippen MR) is 91.5 cm³/mol. The summed E-state index contributed by atoms with van der Waals surface area (Å²) in [7, 11) is 0. The summed E-state index contributed by atoms with van der Waals surface area (Å²) in [6.07, 6.45) is -2.29. The van der Waals surface area contributed by atoms with Gasteiger partial charge in [0.05, 0.1) is 24.3 Å². The van der Waals surface area contributed by atoms with Crippen molar-refractivity contribution in [1.82, 2.24) is 9.80 Å². The molecule has 0 aliphatic carbocycles. The summed E-state index contributed by atoms with van der Waals surface area (Å²) in [4.78, 5) is 27.4. The van der Waals surface area contributed by atoms with Gasteiger partial charge in [-0.15, -0.1) is 0 Å². The molecule has 2 fully saturated rings. The van der Waals surface area contributed by atoms with Gasteiger partial charge < -0.3 is 14.5 Å². The Morgan fingerprint density at radius 2 is 1.96 bits per heavy atom. The van der Waals surface area contributed by atoms with E-state index in [1.54, 1.807) is 9.80 Å². The molecule has 2 atom stereocenters. The number of nitrogens with zero attached hydrogens (tertiary/aromatic N) is 2. The highest BCUT2D eigenvalue weighted by Gasteiger charge is 2.42. The van der Waals surface area contributed by atoms with Crippen LogP contribution in [0.1, 0.15) is 24.0 Å². The maximum absolute atomic E-state index is 12.6. The fourth-order valence-electron chi connectivity index (χ4n) is 3.54. The first-order valence-corrected chi connectivity index (χ1v) is 8.78. The maximum atomic E-state index is 12.6. The molecular formula is C19H21F3N2O3. The lowest BCUT2D eigenvalue weighted by Gasteiger charge is -2.28. The fourth-order valence-corrected chi connectivity index (χ4v) is 3.54. The minimum absolute atomic E-state index is 0.0380. The number of carbonyl (C=O) groups is 2. The topological polar surface area (TPSA) is 49.9 Å². The molecule has 27 heavy (non-hydrogen) atoms. The van der Waals surface area contributed by atoms with Gasteiger partial charge in [0, 0.05) is 26.1 Å². The van der Waals surface area contributed by atoms with Crippen LogP contribution in [-0.2, 0) is 27.1 Å². The van der Waals surface area contributed by atoms with E-state index in [4.69, 9.17) is 4.74 Å². The summed E-state index contributed by atoms with van der Waals surface area (Å²) < 4.78 is 43.9. The van der Waals surface area contributed by atoms with Crippen molar-refractivity contribution in [3.8, 4) is 0 Å². The second-order valence-electron chi connectivity index (χ2n) is 6.75. The zero-order valence-corrected chi connectivity index (χ0v) is 14.7. The molecule has 0 unspecified atom stereocenters. The number of alkyl halides is 3. The highest BCUT2D eigenvalue weighted by molar-refractivity contribution is 5.87. The number of hydrogen-bond donors (Lipinski definition) is 0. The van der Waals surface area contributed by atoms with Gasteiger partial charge in [0.15, 0.2) is 0 Å². The maximum Gasteiger partial charge on any atom is 0.416 e. The quantitative estimate of drug-likeness (QED) is 0.736. The highest BCUT2D eigenvalue weighted by Crippen LogP contribution is 2.29. The Morgan fingerprint density at radius 3 is 2.52 bits per heavy atom. The molecule has 146 valence electrons. The number of hydrogen-bond acceptors (Lipinski definition) is 3. The Morgan fingerprint density at radius 1 is 1.26 bits per heavy atom. The predicted octanol–water partition coefficient (Wildman–Crippen LogP) is 2.61. The summed E-state index contributed by atoms with van der Waals surface area (Å²) in [5.74, 6) is -0.191. The Bertz CT molecular complexity index is 718. The molecule has 1 aromatic rings. The number of ether oxygens (including phenoxy) is 1. The van der Waals surface area contributed by atoms with E-state index in [0.29, 0.717) is 31.6 Å². The largest absolute Gasteiger partial charge is 0.416 e. The van der Waals surface area contributed by atoms with E-state index in [0.717, 1.165) is 18.6 Å². The van der Waals surface area contributed by atoms with Gasteiger partial charge in [-0.05, 0) is 30.2 Å². The third kappa shape index (κ3) is 4.32. The Hall–Kier alpha value is -2.35. The molecule has 3 rings (SSSR count). The van der Waals surface area contributed by atoms with E-state index in [2.05, 4.69) is 6.58 Å². The van der Waals surface area contributed by atoms with Gasteiger partial charge in [0.25, 0.3) is 0 Å². The van der Waals surface area contributed by atoms with E-state index >= 15 is 0 Å². The van der Waals surface area contributed by atoms with Gasteiger partial charge in [-0.25, -0.2) is 0 Å². The van der Waals surface area contributed by atoms with Crippen molar-refractivity contribution >= 4 is 11.8 Å².